The molecule has 10 amide bonds. The monoisotopic (exact) mass is 1670 g/mol. The Morgan fingerprint density at radius 2 is 0.893 bits per heavy atom. The van der Waals surface area contributed by atoms with Crippen LogP contribution >= 0.6 is 0 Å². The number of hydrogen-bond acceptors (Lipinski definition) is 19. The summed E-state index contributed by atoms with van der Waals surface area (Å²) in [4.78, 5) is 181. The van der Waals surface area contributed by atoms with Crippen molar-refractivity contribution in [2.24, 2.45) is 35.5 Å². The first-order valence-corrected chi connectivity index (χ1v) is 41.5. The molecular formula is C88H101F2N13O18. The summed E-state index contributed by atoms with van der Waals surface area (Å²) >= 11 is 0. The van der Waals surface area contributed by atoms with E-state index in [1.54, 1.807) is 54.6 Å². The van der Waals surface area contributed by atoms with Gasteiger partial charge in [0.05, 0.1) is 39.2 Å². The third-order valence-corrected chi connectivity index (χ3v) is 23.1. The van der Waals surface area contributed by atoms with Crippen LogP contribution in [0.1, 0.15) is 159 Å². The Morgan fingerprint density at radius 1 is 0.471 bits per heavy atom. The second-order valence-electron chi connectivity index (χ2n) is 31.5. The summed E-state index contributed by atoms with van der Waals surface area (Å²) in [5, 5.41) is 35.7. The van der Waals surface area contributed by atoms with Crippen molar-refractivity contribution in [1.29, 1.82) is 0 Å². The first-order chi connectivity index (χ1) is 58.5. The number of hydroxylamine groups is 2. The fourth-order valence-corrected chi connectivity index (χ4v) is 16.6. The molecule has 4 bridgehead atoms. The number of carbonyl (C=O) groups excluding carboxylic acids is 11. The molecule has 15 rings (SSSR count). The van der Waals surface area contributed by atoms with Gasteiger partial charge in [0.1, 0.15) is 36.7 Å². The molecule has 9 aliphatic rings. The average Bonchev–Trinajstić information content (AvgIpc) is 1.73. The van der Waals surface area contributed by atoms with Gasteiger partial charge in [-0.05, 0) is 161 Å². The van der Waals surface area contributed by atoms with E-state index in [0.29, 0.717) is 79.3 Å². The molecule has 31 nitrogen and oxygen atoms in total. The number of carbonyl (C=O) groups is 12. The van der Waals surface area contributed by atoms with Crippen molar-refractivity contribution in [2.45, 2.75) is 141 Å². The summed E-state index contributed by atoms with van der Waals surface area (Å²) in [7, 11) is 0. The van der Waals surface area contributed by atoms with E-state index in [4.69, 9.17) is 14.6 Å². The van der Waals surface area contributed by atoms with Crippen molar-refractivity contribution in [1.82, 2.24) is 66.3 Å². The zero-order valence-corrected chi connectivity index (χ0v) is 67.2. The predicted octanol–water partition coefficient (Wildman–Crippen LogP) is 8.21. The van der Waals surface area contributed by atoms with Crippen LogP contribution in [-0.2, 0) is 65.5 Å². The van der Waals surface area contributed by atoms with Gasteiger partial charge < -0.3 is 55.4 Å². The van der Waals surface area contributed by atoms with E-state index in [1.807, 2.05) is 6.07 Å². The molecule has 5 heterocycles. The minimum absolute atomic E-state index is 0.00329. The molecule has 8 atom stereocenters. The van der Waals surface area contributed by atoms with Crippen LogP contribution in [0.25, 0.3) is 21.5 Å². The smallest absolute Gasteiger partial charge is 0.481 e. The lowest BCUT2D eigenvalue weighted by molar-refractivity contribution is -0.178. The van der Waals surface area contributed by atoms with Crippen molar-refractivity contribution in [3.63, 3.8) is 0 Å². The third kappa shape index (κ3) is 24.1. The molecule has 121 heavy (non-hydrogen) atoms. The highest BCUT2D eigenvalue weighted by Gasteiger charge is 2.42. The number of nitrogens with zero attached hydrogens (tertiary/aromatic N) is 7. The van der Waals surface area contributed by atoms with Crippen LogP contribution in [0, 0.1) is 47.1 Å². The Hall–Kier alpha value is -12.6. The lowest BCUT2D eigenvalue weighted by Gasteiger charge is -2.34. The first-order valence-electron chi connectivity index (χ1n) is 41.5. The molecule has 2 aromatic heterocycles. The second-order valence-corrected chi connectivity index (χ2v) is 31.5. The van der Waals surface area contributed by atoms with Crippen molar-refractivity contribution >= 4 is 92.9 Å². The number of aromatic nitrogens is 4. The maximum absolute atomic E-state index is 14.8. The van der Waals surface area contributed by atoms with Crippen LogP contribution in [0.2, 0.25) is 0 Å². The van der Waals surface area contributed by atoms with Crippen LogP contribution in [0.5, 0.6) is 0 Å². The number of rotatable bonds is 21. The third-order valence-electron chi connectivity index (χ3n) is 23.1. The highest BCUT2D eigenvalue weighted by atomic mass is 19.1. The van der Waals surface area contributed by atoms with Gasteiger partial charge in [-0.3, -0.25) is 62.4 Å². The molecule has 3 saturated heterocycles. The lowest BCUT2D eigenvalue weighted by atomic mass is 9.93. The first kappa shape index (κ1) is 87.7. The van der Waals surface area contributed by atoms with Gasteiger partial charge in [0.25, 0.3) is 34.7 Å². The number of aliphatic carboxylic acids is 1. The summed E-state index contributed by atoms with van der Waals surface area (Å²) < 4.78 is 40.2. The number of carboxylic acids is 1. The molecule has 3 aliphatic heterocycles. The van der Waals surface area contributed by atoms with Gasteiger partial charge in [0.2, 0.25) is 29.5 Å². The van der Waals surface area contributed by atoms with Gasteiger partial charge >= 0.3 is 18.2 Å². The molecule has 4 aromatic carbocycles. The standard InChI is InChI=1S/C34H39FN6O6.C33H35FN6O5.C13H17NO5.C8H10O2/c35-28-13-12-23(21-29-25-10-6-7-11-26(25)32(44)39-38-29)20-27(28)33(45)41-18-16-40(17-19-41)31(43)22-30(42)36-14-15-37-34(46)47-24-8-4-2-1-3-5-9-24;34-27-8-6-21(18-28-23-3-1-2-4-24(23)32(44)38-37-28)17-26(27)33(45)40-13-11-39(12-14-40)30(42)19-29(41)35-9-10-36-31(43)25-16-20-5-7-22(25)15-20;15-11-8-9-12(16)14(11)19-13(17)18-10-6-4-2-1-3-5-7-10;9-8(10)7-4-5-1-2-6(7)3-5/h1-2,6-7,10-13,20,24H,3-5,8-9,14-19,21-22H2,(H,36,42)(H,37,46)(H,39,44);1-8,17,20,22,25H,9-16,18-19H2,(H,35,41)(H,36,43)(H,38,44);1-2,10H,3-9H2;1-2,5-7H,3-4H2,(H,9,10)/b2-1+;;2-1+;/t;20-,22+,25?;;5-,6+,7?/m.1.1/s1. The number of H-pyrrole nitrogens is 2. The molecule has 640 valence electrons. The molecule has 7 N–H and O–H groups in total. The molecule has 0 radical (unpaired) electrons. The zero-order chi connectivity index (χ0) is 85.5. The number of nitrogens with one attached hydrogen (secondary N) is 6. The van der Waals surface area contributed by atoms with Gasteiger partial charge in [-0.25, -0.2) is 28.6 Å². The number of allylic oxidation sites excluding steroid dienone is 8. The average molecular weight is 1670 g/mol. The topological polar surface area (TPSA) is 409 Å². The second kappa shape index (κ2) is 42.4. The Bertz CT molecular complexity index is 5070. The van der Waals surface area contributed by atoms with E-state index in [0.717, 1.165) is 89.9 Å². The lowest BCUT2D eigenvalue weighted by Crippen LogP contribution is -2.51. The number of fused-ring (bicyclic) bond motifs is 6. The van der Waals surface area contributed by atoms with Crippen LogP contribution in [0.4, 0.5) is 18.4 Å². The maximum atomic E-state index is 14.8. The molecule has 0 spiro atoms. The van der Waals surface area contributed by atoms with E-state index < -0.39 is 65.3 Å². The van der Waals surface area contributed by atoms with Crippen LogP contribution in [0.15, 0.2) is 143 Å². The fourth-order valence-electron chi connectivity index (χ4n) is 16.6. The Kier molecular flexibility index (Phi) is 30.7. The van der Waals surface area contributed by atoms with Gasteiger partial charge in [-0.1, -0.05) is 102 Å². The van der Waals surface area contributed by atoms with Crippen molar-refractivity contribution in [3.8, 4) is 0 Å². The Balaban J connectivity index is 0.000000167. The van der Waals surface area contributed by atoms with Gasteiger partial charge in [0, 0.05) is 121 Å². The number of carboxylic acid groups (broad SMARTS) is 1. The van der Waals surface area contributed by atoms with Crippen molar-refractivity contribution in [2.75, 3.05) is 78.5 Å². The summed E-state index contributed by atoms with van der Waals surface area (Å²) in [6, 6.07) is 22.8. The molecule has 6 aromatic rings. The number of benzene rings is 4. The highest BCUT2D eigenvalue weighted by Crippen LogP contribution is 2.44. The van der Waals surface area contributed by atoms with E-state index >= 15 is 0 Å². The Labute approximate surface area is 696 Å². The Morgan fingerprint density at radius 3 is 1.33 bits per heavy atom. The minimum Gasteiger partial charge on any atom is -0.481 e. The summed E-state index contributed by atoms with van der Waals surface area (Å²) in [6.07, 6.45) is 27.7. The molecule has 2 saturated carbocycles. The van der Waals surface area contributed by atoms with Gasteiger partial charge in [-0.2, -0.15) is 10.2 Å². The van der Waals surface area contributed by atoms with E-state index in [1.165, 1.54) is 43.9 Å². The largest absolute Gasteiger partial charge is 0.534 e. The molecule has 33 heteroatoms. The molecule has 5 fully saturated rings. The number of imide groups is 1. The van der Waals surface area contributed by atoms with Gasteiger partial charge in [0.15, 0.2) is 0 Å². The quantitative estimate of drug-likeness (QED) is 0.0117. The highest BCUT2D eigenvalue weighted by molar-refractivity contribution is 6.02. The number of hydrogen-bond donors (Lipinski definition) is 7. The van der Waals surface area contributed by atoms with E-state index in [2.05, 4.69) is 95.1 Å². The predicted molar refractivity (Wildman–Crippen MR) is 437 cm³/mol. The maximum Gasteiger partial charge on any atom is 0.534 e. The number of amides is 10. The van der Waals surface area contributed by atoms with E-state index in [9.17, 15) is 75.9 Å². The molecule has 6 aliphatic carbocycles. The zero-order valence-electron chi connectivity index (χ0n) is 67.2. The summed E-state index contributed by atoms with van der Waals surface area (Å²) in [6.45, 7) is 2.48. The van der Waals surface area contributed by atoms with Crippen molar-refractivity contribution < 1.29 is 85.7 Å². The SMILES string of the molecule is O=C(CC(=O)N1CCN(C(=O)c2cc(Cc3n[nH]c(=O)c4ccccc34)ccc2F)CC1)NCCNC(=O)C1C[C@@H]2C=C[C@H]1C2.O=C(CC(=O)N1CCN(C(=O)c2cc(Cc3n[nH]c(=O)c4ccccc34)ccc2F)CC1)NCCNC(=O)OC1CC/C=C/CCC1.O=C(O)C1C[C@@H]2C=C[C@H]1C2.O=C(OC1CC/C=C/CCC1)ON1C(=O)CCC1=O. The minimum atomic E-state index is -0.974. The molecule has 4 unspecified atom stereocenters. The van der Waals surface area contributed by atoms with E-state index in [-0.39, 0.29) is 175 Å². The number of alkyl carbamates (subject to hydrolysis) is 1. The van der Waals surface area contributed by atoms with Crippen molar-refractivity contribution in [3.05, 3.63) is 200 Å². The number of aromatic amines is 2. The summed E-state index contributed by atoms with van der Waals surface area (Å²) in [5.74, 6) is -3.86. The number of ether oxygens (including phenoxy) is 2. The molecular weight excluding hydrogens is 1570 g/mol. The van der Waals surface area contributed by atoms with Gasteiger partial charge in [-0.15, -0.1) is 0 Å². The fraction of sp³-hybridized carbons (Fsp3) is 0.455. The number of halogens is 2. The number of piperazine rings is 2. The normalized spacial score (nSPS) is 21.9. The van der Waals surface area contributed by atoms with Crippen LogP contribution < -0.4 is 32.4 Å². The summed E-state index contributed by atoms with van der Waals surface area (Å²) in [5.41, 5.74) is 1.74. The van der Waals surface area contributed by atoms with Crippen LogP contribution in [0.3, 0.4) is 0 Å². The van der Waals surface area contributed by atoms with Crippen LogP contribution in [-0.4, -0.2) is 212 Å².